The fourth-order valence-electron chi connectivity index (χ4n) is 2.03. The van der Waals surface area contributed by atoms with Crippen molar-refractivity contribution in [1.29, 1.82) is 0 Å². The maximum absolute atomic E-state index is 13.7. The molecule has 0 fully saturated rings. The first-order valence-corrected chi connectivity index (χ1v) is 6.80. The zero-order valence-electron chi connectivity index (χ0n) is 12.8. The van der Waals surface area contributed by atoms with Gasteiger partial charge in [0.25, 0.3) is 5.91 Å². The second-order valence-corrected chi connectivity index (χ2v) is 5.09. The van der Waals surface area contributed by atoms with E-state index in [0.717, 1.165) is 12.1 Å². The third kappa shape index (κ3) is 3.53. The van der Waals surface area contributed by atoms with Crippen molar-refractivity contribution in [1.82, 2.24) is 0 Å². The SMILES string of the molecule is CC(=O)c1ccc(C(=O)Nc2c(F)c(F)c(C(F)(F)F)c(F)c2F)cc1. The highest BCUT2D eigenvalue weighted by Crippen LogP contribution is 2.38. The average Bonchev–Trinajstić information content (AvgIpc) is 2.55. The normalized spacial score (nSPS) is 11.4. The van der Waals surface area contributed by atoms with Crippen LogP contribution in [-0.4, -0.2) is 11.7 Å². The van der Waals surface area contributed by atoms with Gasteiger partial charge in [0.2, 0.25) is 0 Å². The zero-order valence-corrected chi connectivity index (χ0v) is 12.8. The van der Waals surface area contributed by atoms with Gasteiger partial charge >= 0.3 is 6.18 Å². The molecule has 0 aliphatic carbocycles. The van der Waals surface area contributed by atoms with Gasteiger partial charge in [0.1, 0.15) is 11.3 Å². The lowest BCUT2D eigenvalue weighted by atomic mass is 10.1. The summed E-state index contributed by atoms with van der Waals surface area (Å²) in [5, 5.41) is 1.48. The molecule has 2 aromatic rings. The monoisotopic (exact) mass is 379 g/mol. The number of Topliss-reactive ketones (excluding diaryl/α,β-unsaturated/α-hetero) is 1. The minimum atomic E-state index is -5.68. The van der Waals surface area contributed by atoms with Gasteiger partial charge in [0.05, 0.1) is 0 Å². The minimum absolute atomic E-state index is 0.213. The van der Waals surface area contributed by atoms with Crippen molar-refractivity contribution in [2.75, 3.05) is 5.32 Å². The molecule has 0 saturated carbocycles. The molecule has 3 nitrogen and oxygen atoms in total. The van der Waals surface area contributed by atoms with E-state index < -0.39 is 46.6 Å². The third-order valence-electron chi connectivity index (χ3n) is 3.34. The van der Waals surface area contributed by atoms with Crippen LogP contribution in [-0.2, 0) is 6.18 Å². The summed E-state index contributed by atoms with van der Waals surface area (Å²) < 4.78 is 92.0. The second-order valence-electron chi connectivity index (χ2n) is 5.09. The topological polar surface area (TPSA) is 46.2 Å². The van der Waals surface area contributed by atoms with E-state index >= 15 is 0 Å². The Hall–Kier alpha value is -2.91. The van der Waals surface area contributed by atoms with Crippen molar-refractivity contribution in [3.05, 3.63) is 64.2 Å². The molecule has 1 amide bonds. The number of hydrogen-bond donors (Lipinski definition) is 1. The lowest BCUT2D eigenvalue weighted by Gasteiger charge is -2.14. The third-order valence-corrected chi connectivity index (χ3v) is 3.34. The summed E-state index contributed by atoms with van der Waals surface area (Å²) >= 11 is 0. The number of alkyl halides is 3. The van der Waals surface area contributed by atoms with Crippen LogP contribution in [0.5, 0.6) is 0 Å². The first-order valence-electron chi connectivity index (χ1n) is 6.80. The van der Waals surface area contributed by atoms with E-state index in [1.54, 1.807) is 0 Å². The number of hydrogen-bond acceptors (Lipinski definition) is 2. The Morgan fingerprint density at radius 1 is 0.808 bits per heavy atom. The molecule has 0 aromatic heterocycles. The van der Waals surface area contributed by atoms with Crippen LogP contribution < -0.4 is 5.32 Å². The molecule has 2 rings (SSSR count). The molecule has 10 heteroatoms. The van der Waals surface area contributed by atoms with Crippen LogP contribution in [0.15, 0.2) is 24.3 Å². The summed E-state index contributed by atoms with van der Waals surface area (Å²) in [4.78, 5) is 23.0. The molecule has 0 atom stereocenters. The molecule has 1 N–H and O–H groups in total. The van der Waals surface area contributed by atoms with E-state index in [9.17, 15) is 40.3 Å². The highest BCUT2D eigenvalue weighted by Gasteiger charge is 2.42. The Morgan fingerprint density at radius 3 is 1.62 bits per heavy atom. The van der Waals surface area contributed by atoms with Crippen LogP contribution in [0.4, 0.5) is 36.4 Å². The lowest BCUT2D eigenvalue weighted by Crippen LogP contribution is -2.20. The standard InChI is InChI=1S/C16H8F7NO2/c1-6(25)7-2-4-8(5-3-7)15(26)24-14-12(19)10(17)9(16(21,22)23)11(18)13(14)20/h2-5H,1H3,(H,24,26). The molecule has 26 heavy (non-hydrogen) atoms. The summed E-state index contributed by atoms with van der Waals surface area (Å²) in [5.41, 5.74) is -4.48. The van der Waals surface area contributed by atoms with Gasteiger partial charge in [-0.1, -0.05) is 12.1 Å². The quantitative estimate of drug-likeness (QED) is 0.477. The van der Waals surface area contributed by atoms with Crippen LogP contribution in [0.1, 0.15) is 33.2 Å². The van der Waals surface area contributed by atoms with Crippen LogP contribution in [0.25, 0.3) is 0 Å². The van der Waals surface area contributed by atoms with Crippen LogP contribution in [0.2, 0.25) is 0 Å². The summed E-state index contributed by atoms with van der Waals surface area (Å²) in [6, 6.07) is 4.58. The van der Waals surface area contributed by atoms with Crippen LogP contribution >= 0.6 is 0 Å². The first kappa shape index (κ1) is 19.4. The molecule has 138 valence electrons. The van der Waals surface area contributed by atoms with Gasteiger partial charge in [-0.2, -0.15) is 13.2 Å². The van der Waals surface area contributed by atoms with Crippen molar-refractivity contribution in [2.45, 2.75) is 13.1 Å². The fraction of sp³-hybridized carbons (Fsp3) is 0.125. The number of rotatable bonds is 3. The van der Waals surface area contributed by atoms with E-state index in [0.29, 0.717) is 0 Å². The molecular formula is C16H8F7NO2. The number of anilines is 1. The molecular weight excluding hydrogens is 371 g/mol. The predicted octanol–water partition coefficient (Wildman–Crippen LogP) is 4.72. The number of amides is 1. The van der Waals surface area contributed by atoms with Gasteiger partial charge in [-0.25, -0.2) is 17.6 Å². The average molecular weight is 379 g/mol. The minimum Gasteiger partial charge on any atom is -0.317 e. The van der Waals surface area contributed by atoms with E-state index in [1.807, 2.05) is 0 Å². The molecule has 0 aliphatic rings. The predicted molar refractivity (Wildman–Crippen MR) is 75.7 cm³/mol. The first-order chi connectivity index (χ1) is 11.9. The smallest absolute Gasteiger partial charge is 0.317 e. The number of carbonyl (C=O) groups excluding carboxylic acids is 2. The van der Waals surface area contributed by atoms with Gasteiger partial charge in [0.15, 0.2) is 29.1 Å². The molecule has 0 saturated heterocycles. The van der Waals surface area contributed by atoms with Crippen molar-refractivity contribution in [2.24, 2.45) is 0 Å². The number of halogens is 7. The number of carbonyl (C=O) groups is 2. The number of benzene rings is 2. The Bertz CT molecular complexity index is 860. The highest BCUT2D eigenvalue weighted by molar-refractivity contribution is 6.05. The Kier molecular flexibility index (Phi) is 5.06. The zero-order chi connectivity index (χ0) is 19.8. The second kappa shape index (κ2) is 6.77. The Morgan fingerprint density at radius 2 is 1.23 bits per heavy atom. The van der Waals surface area contributed by atoms with E-state index in [2.05, 4.69) is 0 Å². The molecule has 0 spiro atoms. The van der Waals surface area contributed by atoms with Gasteiger partial charge in [-0.05, 0) is 19.1 Å². The van der Waals surface area contributed by atoms with Crippen LogP contribution in [0, 0.1) is 23.3 Å². The van der Waals surface area contributed by atoms with Crippen molar-refractivity contribution in [3.63, 3.8) is 0 Å². The maximum Gasteiger partial charge on any atom is 0.422 e. The molecule has 2 aromatic carbocycles. The summed E-state index contributed by atoms with van der Waals surface area (Å²) in [6.45, 7) is 1.24. The number of ketones is 1. The van der Waals surface area contributed by atoms with E-state index in [1.165, 1.54) is 24.4 Å². The fourth-order valence-corrected chi connectivity index (χ4v) is 2.03. The Labute approximate surface area is 141 Å². The van der Waals surface area contributed by atoms with Crippen molar-refractivity contribution < 1.29 is 40.3 Å². The maximum atomic E-state index is 13.7. The van der Waals surface area contributed by atoms with Crippen molar-refractivity contribution >= 4 is 17.4 Å². The lowest BCUT2D eigenvalue weighted by molar-refractivity contribution is -0.143. The largest absolute Gasteiger partial charge is 0.422 e. The Balaban J connectivity index is 2.44. The van der Waals surface area contributed by atoms with E-state index in [-0.39, 0.29) is 16.9 Å². The molecule has 0 unspecified atom stereocenters. The summed E-state index contributed by atoms with van der Waals surface area (Å²) in [7, 11) is 0. The van der Waals surface area contributed by atoms with E-state index in [4.69, 9.17) is 0 Å². The van der Waals surface area contributed by atoms with Gasteiger partial charge in [-0.3, -0.25) is 9.59 Å². The molecule has 0 aliphatic heterocycles. The molecule has 0 radical (unpaired) electrons. The summed E-state index contributed by atoms with van der Waals surface area (Å²) in [5.74, 6) is -11.7. The highest BCUT2D eigenvalue weighted by atomic mass is 19.4. The van der Waals surface area contributed by atoms with Gasteiger partial charge < -0.3 is 5.32 Å². The molecule has 0 heterocycles. The van der Waals surface area contributed by atoms with Gasteiger partial charge in [-0.15, -0.1) is 0 Å². The molecule has 0 bridgehead atoms. The van der Waals surface area contributed by atoms with Gasteiger partial charge in [0, 0.05) is 11.1 Å². The van der Waals surface area contributed by atoms with Crippen LogP contribution in [0.3, 0.4) is 0 Å². The van der Waals surface area contributed by atoms with Crippen molar-refractivity contribution in [3.8, 4) is 0 Å². The summed E-state index contributed by atoms with van der Waals surface area (Å²) in [6.07, 6.45) is -5.68. The number of nitrogens with one attached hydrogen (secondary N) is 1.